The highest BCUT2D eigenvalue weighted by Gasteiger charge is 2.34. The van der Waals surface area contributed by atoms with Crippen LogP contribution in [0.2, 0.25) is 15.1 Å². The molecular weight excluding hydrogens is 584 g/mol. The van der Waals surface area contributed by atoms with Crippen molar-refractivity contribution in [3.63, 3.8) is 0 Å². The first kappa shape index (κ1) is 29.5. The van der Waals surface area contributed by atoms with Crippen molar-refractivity contribution < 1.29 is 13.2 Å². The summed E-state index contributed by atoms with van der Waals surface area (Å²) in [7, 11) is 0. The highest BCUT2D eigenvalue weighted by atomic mass is 35.5. The number of halogens is 6. The lowest BCUT2D eigenvalue weighted by Crippen LogP contribution is -2.10. The summed E-state index contributed by atoms with van der Waals surface area (Å²) >= 11 is 18.0. The zero-order valence-corrected chi connectivity index (χ0v) is 24.0. The smallest absolute Gasteiger partial charge is 0.238 e. The van der Waals surface area contributed by atoms with Gasteiger partial charge < -0.3 is 0 Å². The Labute approximate surface area is 243 Å². The van der Waals surface area contributed by atoms with Gasteiger partial charge in [0.15, 0.2) is 5.69 Å². The zero-order valence-electron chi connectivity index (χ0n) is 21.7. The van der Waals surface area contributed by atoms with Gasteiger partial charge in [-0.15, -0.1) is 0 Å². The van der Waals surface area contributed by atoms with E-state index < -0.39 is 11.9 Å². The third-order valence-corrected chi connectivity index (χ3v) is 6.88. The highest BCUT2D eigenvalue weighted by Crippen LogP contribution is 2.34. The van der Waals surface area contributed by atoms with Gasteiger partial charge in [0.2, 0.25) is 0 Å². The van der Waals surface area contributed by atoms with Crippen LogP contribution in [0, 0.1) is 27.7 Å². The molecule has 5 rings (SSSR count). The Morgan fingerprint density at radius 2 is 1.05 bits per heavy atom. The molecule has 2 aromatic carbocycles. The fourth-order valence-electron chi connectivity index (χ4n) is 3.98. The molecule has 0 atom stereocenters. The predicted molar refractivity (Wildman–Crippen MR) is 151 cm³/mol. The first-order valence-corrected chi connectivity index (χ1v) is 13.0. The number of aromatic nitrogens is 6. The zero-order chi connectivity index (χ0) is 29.2. The van der Waals surface area contributed by atoms with Gasteiger partial charge in [-0.05, 0) is 69.2 Å². The first-order chi connectivity index (χ1) is 18.9. The molecule has 6 nitrogen and oxygen atoms in total. The first-order valence-electron chi connectivity index (χ1n) is 11.8. The van der Waals surface area contributed by atoms with Gasteiger partial charge in [0.1, 0.15) is 0 Å². The molecule has 0 spiro atoms. The van der Waals surface area contributed by atoms with E-state index in [0.29, 0.717) is 37.7 Å². The van der Waals surface area contributed by atoms with Gasteiger partial charge in [-0.3, -0.25) is 0 Å². The van der Waals surface area contributed by atoms with Crippen LogP contribution < -0.4 is 0 Å². The lowest BCUT2D eigenvalue weighted by molar-refractivity contribution is -0.141. The number of aryl methyl sites for hydroxylation is 4. The van der Waals surface area contributed by atoms with Crippen molar-refractivity contribution in [2.24, 2.45) is 0 Å². The minimum atomic E-state index is -4.50. The molecule has 0 aliphatic carbocycles. The Bertz CT molecular complexity index is 1650. The van der Waals surface area contributed by atoms with Crippen molar-refractivity contribution in [3.8, 4) is 27.9 Å². The number of alkyl halides is 3. The van der Waals surface area contributed by atoms with Crippen LogP contribution in [0.5, 0.6) is 0 Å². The Morgan fingerprint density at radius 1 is 0.600 bits per heavy atom. The summed E-state index contributed by atoms with van der Waals surface area (Å²) in [6, 6.07) is 15.4. The van der Waals surface area contributed by atoms with E-state index in [1.54, 1.807) is 38.1 Å². The van der Waals surface area contributed by atoms with Crippen molar-refractivity contribution in [1.82, 2.24) is 30.2 Å². The van der Waals surface area contributed by atoms with E-state index in [0.717, 1.165) is 34.1 Å². The fourth-order valence-corrected chi connectivity index (χ4v) is 4.51. The van der Waals surface area contributed by atoms with Crippen LogP contribution in [-0.2, 0) is 6.18 Å². The maximum atomic E-state index is 12.8. The van der Waals surface area contributed by atoms with Crippen LogP contribution in [0.15, 0.2) is 60.8 Å². The van der Waals surface area contributed by atoms with Crippen molar-refractivity contribution in [2.45, 2.75) is 33.9 Å². The van der Waals surface area contributed by atoms with E-state index in [9.17, 15) is 13.2 Å². The summed E-state index contributed by atoms with van der Waals surface area (Å²) in [5, 5.41) is 21.7. The Morgan fingerprint density at radius 3 is 1.55 bits per heavy atom. The monoisotopic (exact) mass is 604 g/mol. The average molecular weight is 606 g/mol. The molecule has 0 unspecified atom stereocenters. The summed E-state index contributed by atoms with van der Waals surface area (Å²) in [4.78, 5) is 0. The normalized spacial score (nSPS) is 11.2. The van der Waals surface area contributed by atoms with Crippen molar-refractivity contribution in [2.75, 3.05) is 0 Å². The number of hydrogen-bond acceptors (Lipinski definition) is 5. The maximum Gasteiger partial charge on any atom is 0.435 e. The van der Waals surface area contributed by atoms with Gasteiger partial charge in [-0.2, -0.15) is 38.7 Å². The number of benzene rings is 2. The van der Waals surface area contributed by atoms with Gasteiger partial charge >= 0.3 is 6.18 Å². The molecule has 3 aromatic heterocycles. The molecule has 206 valence electrons. The molecule has 12 heteroatoms. The Balaban J connectivity index is 0.000000201. The van der Waals surface area contributed by atoms with Crippen LogP contribution in [0.1, 0.15) is 28.5 Å². The summed E-state index contributed by atoms with van der Waals surface area (Å²) in [5.74, 6) is 0. The second-order valence-electron chi connectivity index (χ2n) is 8.81. The van der Waals surface area contributed by atoms with Gasteiger partial charge in [0, 0.05) is 27.4 Å². The summed E-state index contributed by atoms with van der Waals surface area (Å²) in [6.45, 7) is 7.15. The number of rotatable bonds is 3. The third-order valence-electron chi connectivity index (χ3n) is 5.91. The van der Waals surface area contributed by atoms with E-state index in [4.69, 9.17) is 34.8 Å². The Hall–Kier alpha value is -3.53. The number of nitrogens with zero attached hydrogens (tertiary/aromatic N) is 6. The molecule has 0 aliphatic heterocycles. The second kappa shape index (κ2) is 11.9. The predicted octanol–water partition coefficient (Wildman–Crippen LogP) is 8.69. The minimum absolute atomic E-state index is 0.459. The van der Waals surface area contributed by atoms with E-state index in [-0.39, 0.29) is 0 Å². The van der Waals surface area contributed by atoms with Crippen LogP contribution in [0.4, 0.5) is 13.2 Å². The molecule has 0 fully saturated rings. The van der Waals surface area contributed by atoms with E-state index in [1.807, 2.05) is 38.1 Å². The summed E-state index contributed by atoms with van der Waals surface area (Å²) < 4.78 is 39.7. The topological polar surface area (TPSA) is 69.4 Å². The maximum absolute atomic E-state index is 12.8. The number of hydrogen-bond donors (Lipinski definition) is 0. The molecule has 0 saturated heterocycles. The summed E-state index contributed by atoms with van der Waals surface area (Å²) in [6.07, 6.45) is -3.24. The van der Waals surface area contributed by atoms with Gasteiger partial charge in [-0.1, -0.05) is 59.1 Å². The Kier molecular flexibility index (Phi) is 8.77. The van der Waals surface area contributed by atoms with E-state index in [1.165, 1.54) is 10.9 Å². The second-order valence-corrected chi connectivity index (χ2v) is 10.1. The molecule has 0 N–H and O–H groups in total. The van der Waals surface area contributed by atoms with Gasteiger partial charge in [-0.25, -0.2) is 4.68 Å². The molecule has 0 bridgehead atoms. The molecule has 0 saturated carbocycles. The molecule has 3 heterocycles. The fraction of sp³-hybridized carbons (Fsp3) is 0.179. The lowest BCUT2D eigenvalue weighted by atomic mass is 10.0. The highest BCUT2D eigenvalue weighted by molar-refractivity contribution is 6.34. The van der Waals surface area contributed by atoms with Crippen LogP contribution in [0.25, 0.3) is 27.9 Å². The van der Waals surface area contributed by atoms with E-state index >= 15 is 0 Å². The average Bonchev–Trinajstić information content (AvgIpc) is 3.41. The summed E-state index contributed by atoms with van der Waals surface area (Å²) in [5.41, 5.74) is 5.47. The standard InChI is InChI=1S/C16H12ClF3N4.C12H10Cl2N2/c1-9-14(11-3-5-12(17)6-4-11)15(10(2)22-21-9)24-8-7-13(23-24)16(18,19)20;1-7-11(12(14)8(2)16-15-7)9-3-5-10(13)6-4-9/h3-8H,1-2H3;3-6H,1-2H3. The molecule has 40 heavy (non-hydrogen) atoms. The quantitative estimate of drug-likeness (QED) is 0.206. The largest absolute Gasteiger partial charge is 0.435 e. The van der Waals surface area contributed by atoms with Crippen LogP contribution >= 0.6 is 34.8 Å². The minimum Gasteiger partial charge on any atom is -0.238 e. The van der Waals surface area contributed by atoms with Crippen molar-refractivity contribution in [3.05, 3.63) is 104 Å². The van der Waals surface area contributed by atoms with Crippen LogP contribution in [0.3, 0.4) is 0 Å². The van der Waals surface area contributed by atoms with Crippen LogP contribution in [-0.4, -0.2) is 30.2 Å². The van der Waals surface area contributed by atoms with Gasteiger partial charge in [0.25, 0.3) is 0 Å². The van der Waals surface area contributed by atoms with Gasteiger partial charge in [0.05, 0.1) is 33.5 Å². The molecule has 0 aliphatic rings. The van der Waals surface area contributed by atoms with Crippen molar-refractivity contribution >= 4 is 34.8 Å². The molecular formula is C28H22Cl3F3N6. The lowest BCUT2D eigenvalue weighted by Gasteiger charge is -2.14. The molecule has 0 amide bonds. The molecule has 0 radical (unpaired) electrons. The third kappa shape index (κ3) is 6.43. The van der Waals surface area contributed by atoms with E-state index in [2.05, 4.69) is 25.5 Å². The SMILES string of the molecule is Cc1nnc(C)c(-c2ccc(Cl)cc2)c1Cl.Cc1nnc(C)c(-n2ccc(C(F)(F)F)n2)c1-c1ccc(Cl)cc1. The molecule has 5 aromatic rings. The van der Waals surface area contributed by atoms with Crippen molar-refractivity contribution in [1.29, 1.82) is 0 Å².